The average Bonchev–Trinajstić information content (AvgIpc) is 2.61. The number of anilines is 1. The molecule has 3 aromatic carbocycles. The number of rotatable bonds is 5. The lowest BCUT2D eigenvalue weighted by atomic mass is 10.2. The first kappa shape index (κ1) is 19.3. The third-order valence-electron chi connectivity index (χ3n) is 3.83. The summed E-state index contributed by atoms with van der Waals surface area (Å²) in [5.74, 6) is -2.24. The third kappa shape index (κ3) is 4.26. The smallest absolute Gasteiger partial charge is 0.262 e. The van der Waals surface area contributed by atoms with Gasteiger partial charge >= 0.3 is 0 Å². The predicted molar refractivity (Wildman–Crippen MR) is 97.6 cm³/mol. The summed E-state index contributed by atoms with van der Waals surface area (Å²) < 4.78 is 67.6. The zero-order chi connectivity index (χ0) is 19.6. The van der Waals surface area contributed by atoms with E-state index < -0.39 is 34.0 Å². The Balaban J connectivity index is 2.11. The minimum atomic E-state index is -4.17. The van der Waals surface area contributed by atoms with Crippen LogP contribution in [0.15, 0.2) is 71.6 Å². The Morgan fingerprint density at radius 3 is 2.15 bits per heavy atom. The van der Waals surface area contributed by atoms with Crippen molar-refractivity contribution in [3.63, 3.8) is 0 Å². The van der Waals surface area contributed by atoms with Gasteiger partial charge in [-0.15, -0.1) is 0 Å². The van der Waals surface area contributed by atoms with Crippen LogP contribution < -0.4 is 4.31 Å². The van der Waals surface area contributed by atoms with Gasteiger partial charge in [-0.05, 0) is 48.5 Å². The molecule has 0 aliphatic rings. The maximum Gasteiger partial charge on any atom is 0.264 e. The zero-order valence-corrected chi connectivity index (χ0v) is 15.3. The summed E-state index contributed by atoms with van der Waals surface area (Å²) >= 11 is 5.97. The van der Waals surface area contributed by atoms with Gasteiger partial charge < -0.3 is 0 Å². The first-order chi connectivity index (χ1) is 12.8. The van der Waals surface area contributed by atoms with E-state index in [9.17, 15) is 21.6 Å². The lowest BCUT2D eigenvalue weighted by Gasteiger charge is -2.25. The van der Waals surface area contributed by atoms with Crippen molar-refractivity contribution in [3.8, 4) is 0 Å². The van der Waals surface area contributed by atoms with Crippen LogP contribution >= 0.6 is 11.6 Å². The van der Waals surface area contributed by atoms with Crippen LogP contribution in [0, 0.1) is 17.5 Å². The fraction of sp³-hybridized carbons (Fsp3) is 0.0526. The van der Waals surface area contributed by atoms with Gasteiger partial charge in [-0.3, -0.25) is 4.31 Å². The van der Waals surface area contributed by atoms with Gasteiger partial charge in [0.2, 0.25) is 0 Å². The Bertz CT molecular complexity index is 1070. The van der Waals surface area contributed by atoms with E-state index in [0.29, 0.717) is 6.07 Å². The van der Waals surface area contributed by atoms with Crippen molar-refractivity contribution in [3.05, 3.63) is 94.8 Å². The molecule has 0 aromatic heterocycles. The van der Waals surface area contributed by atoms with E-state index in [0.717, 1.165) is 34.6 Å². The maximum atomic E-state index is 14.1. The van der Waals surface area contributed by atoms with Crippen molar-refractivity contribution in [1.29, 1.82) is 0 Å². The minimum Gasteiger partial charge on any atom is -0.262 e. The van der Waals surface area contributed by atoms with Gasteiger partial charge in [0.15, 0.2) is 0 Å². The van der Waals surface area contributed by atoms with Crippen molar-refractivity contribution in [2.75, 3.05) is 4.31 Å². The second-order valence-corrected chi connectivity index (χ2v) is 7.98. The average molecular weight is 412 g/mol. The molecule has 3 rings (SSSR count). The predicted octanol–water partition coefficient (Wildman–Crippen LogP) is 5.15. The first-order valence-electron chi connectivity index (χ1n) is 7.75. The van der Waals surface area contributed by atoms with Gasteiger partial charge in [0.25, 0.3) is 10.0 Å². The number of sulfonamides is 1. The molecule has 3 nitrogen and oxygen atoms in total. The van der Waals surface area contributed by atoms with Crippen LogP contribution in [0.2, 0.25) is 5.02 Å². The molecular weight excluding hydrogens is 399 g/mol. The fourth-order valence-electron chi connectivity index (χ4n) is 2.48. The minimum absolute atomic E-state index is 0.0259. The molecule has 0 amide bonds. The lowest BCUT2D eigenvalue weighted by Crippen LogP contribution is -2.31. The topological polar surface area (TPSA) is 37.4 Å². The van der Waals surface area contributed by atoms with Crippen LogP contribution in [-0.2, 0) is 16.6 Å². The fourth-order valence-corrected chi connectivity index (χ4v) is 4.10. The van der Waals surface area contributed by atoms with Crippen LogP contribution in [0.3, 0.4) is 0 Å². The molecule has 27 heavy (non-hydrogen) atoms. The zero-order valence-electron chi connectivity index (χ0n) is 13.7. The molecule has 0 spiro atoms. The molecule has 140 valence electrons. The standard InChI is InChI=1S/C19H13ClF3NO2S/c20-14-2-1-3-17(10-14)24(12-13-4-5-16(22)11-19(13)23)27(25,26)18-8-6-15(21)7-9-18/h1-11H,12H2. The van der Waals surface area contributed by atoms with E-state index in [1.807, 2.05) is 0 Å². The van der Waals surface area contributed by atoms with Crippen molar-refractivity contribution < 1.29 is 21.6 Å². The van der Waals surface area contributed by atoms with Crippen LogP contribution in [0.1, 0.15) is 5.56 Å². The summed E-state index contributed by atoms with van der Waals surface area (Å²) in [6, 6.07) is 13.2. The highest BCUT2D eigenvalue weighted by Crippen LogP contribution is 2.29. The van der Waals surface area contributed by atoms with Gasteiger partial charge in [-0.1, -0.05) is 23.7 Å². The van der Waals surface area contributed by atoms with E-state index in [1.165, 1.54) is 18.2 Å². The monoisotopic (exact) mass is 411 g/mol. The molecule has 0 fully saturated rings. The van der Waals surface area contributed by atoms with E-state index >= 15 is 0 Å². The Hall–Kier alpha value is -2.51. The summed E-state index contributed by atoms with van der Waals surface area (Å²) in [7, 11) is -4.17. The quantitative estimate of drug-likeness (QED) is 0.582. The highest BCUT2D eigenvalue weighted by Gasteiger charge is 2.26. The van der Waals surface area contributed by atoms with E-state index in [1.54, 1.807) is 12.1 Å². The SMILES string of the molecule is O=S(=O)(c1ccc(F)cc1)N(Cc1ccc(F)cc1F)c1cccc(Cl)c1. The summed E-state index contributed by atoms with van der Waals surface area (Å²) in [5.41, 5.74) is 0.164. The molecule has 0 aliphatic heterocycles. The van der Waals surface area contributed by atoms with Crippen molar-refractivity contribution in [1.82, 2.24) is 0 Å². The van der Waals surface area contributed by atoms with Crippen LogP contribution in [-0.4, -0.2) is 8.42 Å². The van der Waals surface area contributed by atoms with Gasteiger partial charge in [-0.2, -0.15) is 0 Å². The summed E-state index contributed by atoms with van der Waals surface area (Å²) in [6.45, 7) is -0.397. The van der Waals surface area contributed by atoms with Crippen LogP contribution in [0.4, 0.5) is 18.9 Å². The second-order valence-electron chi connectivity index (χ2n) is 5.68. The van der Waals surface area contributed by atoms with Crippen molar-refractivity contribution >= 4 is 27.3 Å². The lowest BCUT2D eigenvalue weighted by molar-refractivity contribution is 0.569. The molecule has 0 aliphatic carbocycles. The van der Waals surface area contributed by atoms with Gasteiger partial charge in [0.05, 0.1) is 17.1 Å². The molecular formula is C19H13ClF3NO2S. The Morgan fingerprint density at radius 2 is 1.52 bits per heavy atom. The Morgan fingerprint density at radius 1 is 0.852 bits per heavy atom. The van der Waals surface area contributed by atoms with E-state index in [4.69, 9.17) is 11.6 Å². The third-order valence-corrected chi connectivity index (χ3v) is 5.85. The Labute approximate surface area is 159 Å². The van der Waals surface area contributed by atoms with Gasteiger partial charge in [0, 0.05) is 16.7 Å². The molecule has 3 aromatic rings. The van der Waals surface area contributed by atoms with Crippen molar-refractivity contribution in [2.24, 2.45) is 0 Å². The summed E-state index contributed by atoms with van der Waals surface area (Å²) in [5, 5.41) is 0.284. The number of hydrogen-bond donors (Lipinski definition) is 0. The molecule has 0 bridgehead atoms. The maximum absolute atomic E-state index is 14.1. The first-order valence-corrected chi connectivity index (χ1v) is 9.57. The van der Waals surface area contributed by atoms with Crippen LogP contribution in [0.5, 0.6) is 0 Å². The molecule has 8 heteroatoms. The van der Waals surface area contributed by atoms with Gasteiger partial charge in [0.1, 0.15) is 17.5 Å². The van der Waals surface area contributed by atoms with Crippen LogP contribution in [0.25, 0.3) is 0 Å². The summed E-state index contributed by atoms with van der Waals surface area (Å²) in [4.78, 5) is -0.175. The van der Waals surface area contributed by atoms with E-state index in [2.05, 4.69) is 0 Å². The highest BCUT2D eigenvalue weighted by atomic mass is 35.5. The van der Waals surface area contributed by atoms with E-state index in [-0.39, 0.29) is 21.2 Å². The molecule has 0 unspecified atom stereocenters. The van der Waals surface area contributed by atoms with Gasteiger partial charge in [-0.25, -0.2) is 21.6 Å². The Kier molecular flexibility index (Phi) is 5.43. The number of hydrogen-bond acceptors (Lipinski definition) is 2. The number of halogens is 4. The van der Waals surface area contributed by atoms with Crippen molar-refractivity contribution in [2.45, 2.75) is 11.4 Å². The number of benzene rings is 3. The summed E-state index contributed by atoms with van der Waals surface area (Å²) in [6.07, 6.45) is 0. The molecule has 0 atom stereocenters. The molecule has 0 saturated carbocycles. The molecule has 0 saturated heterocycles. The normalized spacial score (nSPS) is 11.4. The second kappa shape index (κ2) is 7.62. The highest BCUT2D eigenvalue weighted by molar-refractivity contribution is 7.92. The number of nitrogens with zero attached hydrogens (tertiary/aromatic N) is 1. The molecule has 0 radical (unpaired) electrons. The molecule has 0 N–H and O–H groups in total. The largest absolute Gasteiger partial charge is 0.264 e. The molecule has 0 heterocycles.